The van der Waals surface area contributed by atoms with Gasteiger partial charge in [-0.15, -0.1) is 0 Å². The number of likely N-dealkylation sites (tertiary alicyclic amines) is 1. The van der Waals surface area contributed by atoms with Crippen LogP contribution in [0.2, 0.25) is 0 Å². The number of hydrogen-bond acceptors (Lipinski definition) is 4. The highest BCUT2D eigenvalue weighted by Gasteiger charge is 2.32. The van der Waals surface area contributed by atoms with Gasteiger partial charge in [-0.05, 0) is 17.9 Å². The van der Waals surface area contributed by atoms with E-state index in [-0.39, 0.29) is 17.9 Å². The van der Waals surface area contributed by atoms with Crippen molar-refractivity contribution in [1.29, 1.82) is 0 Å². The molecular formula is C21H29N3O2. The third-order valence-electron chi connectivity index (χ3n) is 5.33. The molecule has 2 heterocycles. The van der Waals surface area contributed by atoms with Crippen molar-refractivity contribution in [3.05, 3.63) is 53.4 Å². The van der Waals surface area contributed by atoms with Crippen LogP contribution in [0.4, 0.5) is 0 Å². The molecule has 3 rings (SSSR count). The van der Waals surface area contributed by atoms with E-state index in [4.69, 9.17) is 4.52 Å². The summed E-state index contributed by atoms with van der Waals surface area (Å²) in [6.07, 6.45) is 0.977. The summed E-state index contributed by atoms with van der Waals surface area (Å²) in [5.41, 5.74) is 1.75. The van der Waals surface area contributed by atoms with E-state index in [1.165, 1.54) is 5.56 Å². The van der Waals surface area contributed by atoms with Gasteiger partial charge in [0.15, 0.2) is 5.69 Å². The fourth-order valence-corrected chi connectivity index (χ4v) is 3.77. The van der Waals surface area contributed by atoms with Crippen LogP contribution in [0.25, 0.3) is 0 Å². The van der Waals surface area contributed by atoms with Gasteiger partial charge >= 0.3 is 0 Å². The fourth-order valence-electron chi connectivity index (χ4n) is 3.77. The monoisotopic (exact) mass is 355 g/mol. The topological polar surface area (TPSA) is 49.6 Å². The van der Waals surface area contributed by atoms with Crippen LogP contribution in [0.5, 0.6) is 0 Å². The van der Waals surface area contributed by atoms with Crippen molar-refractivity contribution < 1.29 is 9.32 Å². The molecule has 0 radical (unpaired) electrons. The summed E-state index contributed by atoms with van der Waals surface area (Å²) in [6.45, 7) is 9.25. The number of benzene rings is 1. The summed E-state index contributed by atoms with van der Waals surface area (Å²) in [5.74, 6) is 1.36. The third kappa shape index (κ3) is 4.15. The van der Waals surface area contributed by atoms with E-state index in [2.05, 4.69) is 41.2 Å². The van der Waals surface area contributed by atoms with E-state index in [0.29, 0.717) is 11.6 Å². The first kappa shape index (κ1) is 18.6. The van der Waals surface area contributed by atoms with Crippen LogP contribution in [-0.2, 0) is 6.54 Å². The van der Waals surface area contributed by atoms with Crippen LogP contribution < -0.4 is 0 Å². The predicted molar refractivity (Wildman–Crippen MR) is 102 cm³/mol. The maximum Gasteiger partial charge on any atom is 0.276 e. The summed E-state index contributed by atoms with van der Waals surface area (Å²) in [4.78, 5) is 17.1. The van der Waals surface area contributed by atoms with Gasteiger partial charge in [0, 0.05) is 44.7 Å². The van der Waals surface area contributed by atoms with Crippen molar-refractivity contribution in [3.63, 3.8) is 0 Å². The van der Waals surface area contributed by atoms with Gasteiger partial charge < -0.3 is 9.42 Å². The van der Waals surface area contributed by atoms with Gasteiger partial charge in [0.05, 0.1) is 0 Å². The summed E-state index contributed by atoms with van der Waals surface area (Å²) >= 11 is 0. The average Bonchev–Trinajstić information content (AvgIpc) is 3.12. The van der Waals surface area contributed by atoms with Gasteiger partial charge in [0.2, 0.25) is 0 Å². The van der Waals surface area contributed by atoms with Crippen molar-refractivity contribution in [2.24, 2.45) is 5.92 Å². The summed E-state index contributed by atoms with van der Waals surface area (Å²) in [5, 5.41) is 3.97. The second kappa shape index (κ2) is 8.04. The highest BCUT2D eigenvalue weighted by atomic mass is 16.5. The van der Waals surface area contributed by atoms with Crippen LogP contribution in [-0.4, -0.2) is 47.0 Å². The SMILES string of the molecule is CC(C)c1cc(C(=O)N(C)[C@H]2CCN(Cc3ccccc3)C[C@@H]2C)no1. The van der Waals surface area contributed by atoms with E-state index in [1.54, 1.807) is 6.07 Å². The molecule has 1 fully saturated rings. The lowest BCUT2D eigenvalue weighted by molar-refractivity contribution is 0.0489. The first-order valence-electron chi connectivity index (χ1n) is 9.45. The predicted octanol–water partition coefficient (Wildman–Crippen LogP) is 3.78. The molecule has 2 atom stereocenters. The molecule has 1 amide bonds. The Bertz CT molecular complexity index is 726. The van der Waals surface area contributed by atoms with Gasteiger partial charge in [-0.1, -0.05) is 56.3 Å². The van der Waals surface area contributed by atoms with Crippen molar-refractivity contribution in [1.82, 2.24) is 15.0 Å². The average molecular weight is 355 g/mol. The van der Waals surface area contributed by atoms with E-state index in [0.717, 1.165) is 31.8 Å². The summed E-state index contributed by atoms with van der Waals surface area (Å²) < 4.78 is 5.29. The highest BCUT2D eigenvalue weighted by molar-refractivity contribution is 5.92. The zero-order valence-corrected chi connectivity index (χ0v) is 16.2. The number of nitrogens with zero attached hydrogens (tertiary/aromatic N) is 3. The molecule has 0 saturated carbocycles. The molecule has 1 aromatic heterocycles. The number of rotatable bonds is 5. The maximum absolute atomic E-state index is 12.8. The third-order valence-corrected chi connectivity index (χ3v) is 5.33. The maximum atomic E-state index is 12.8. The standard InChI is InChI=1S/C21H29N3O2/c1-15(2)20-12-18(22-26-20)21(25)23(4)19-10-11-24(13-16(19)3)14-17-8-6-5-7-9-17/h5-9,12,15-16,19H,10-11,13-14H2,1-4H3/t16-,19-/m0/s1. The van der Waals surface area contributed by atoms with E-state index in [9.17, 15) is 4.79 Å². The number of aromatic nitrogens is 1. The Labute approximate surface area is 156 Å². The van der Waals surface area contributed by atoms with Crippen LogP contribution >= 0.6 is 0 Å². The second-order valence-corrected chi connectivity index (χ2v) is 7.74. The Balaban J connectivity index is 1.60. The number of hydrogen-bond donors (Lipinski definition) is 0. The van der Waals surface area contributed by atoms with E-state index in [1.807, 2.05) is 31.9 Å². The molecule has 1 saturated heterocycles. The molecule has 2 aromatic rings. The number of carbonyl (C=O) groups is 1. The van der Waals surface area contributed by atoms with Crippen LogP contribution in [0.1, 0.15) is 54.9 Å². The van der Waals surface area contributed by atoms with Crippen molar-refractivity contribution in [2.75, 3.05) is 20.1 Å². The van der Waals surface area contributed by atoms with Gasteiger partial charge in [-0.2, -0.15) is 0 Å². The van der Waals surface area contributed by atoms with Gasteiger partial charge in [-0.3, -0.25) is 9.69 Å². The van der Waals surface area contributed by atoms with E-state index >= 15 is 0 Å². The fraction of sp³-hybridized carbons (Fsp3) is 0.524. The van der Waals surface area contributed by atoms with E-state index < -0.39 is 0 Å². The Hall–Kier alpha value is -2.14. The summed E-state index contributed by atoms with van der Waals surface area (Å²) in [7, 11) is 1.89. The molecular weight excluding hydrogens is 326 g/mol. The van der Waals surface area contributed by atoms with Gasteiger partial charge in [-0.25, -0.2) is 0 Å². The smallest absolute Gasteiger partial charge is 0.276 e. The normalized spacial score (nSPS) is 21.1. The lowest BCUT2D eigenvalue weighted by Gasteiger charge is -2.41. The van der Waals surface area contributed by atoms with Crippen LogP contribution in [0.3, 0.4) is 0 Å². The minimum absolute atomic E-state index is 0.0472. The Morgan fingerprint density at radius 3 is 2.69 bits per heavy atom. The first-order valence-corrected chi connectivity index (χ1v) is 9.45. The zero-order chi connectivity index (χ0) is 18.7. The van der Waals surface area contributed by atoms with Crippen molar-refractivity contribution >= 4 is 5.91 Å². The van der Waals surface area contributed by atoms with Gasteiger partial charge in [0.25, 0.3) is 5.91 Å². The Kier molecular flexibility index (Phi) is 5.77. The minimum Gasteiger partial charge on any atom is -0.360 e. The molecule has 5 heteroatoms. The quantitative estimate of drug-likeness (QED) is 0.819. The summed E-state index contributed by atoms with van der Waals surface area (Å²) in [6, 6.07) is 12.6. The van der Waals surface area contributed by atoms with Crippen molar-refractivity contribution in [3.8, 4) is 0 Å². The first-order chi connectivity index (χ1) is 12.5. The molecule has 140 valence electrons. The molecule has 0 unspecified atom stereocenters. The molecule has 1 aliphatic heterocycles. The van der Waals surface area contributed by atoms with Crippen LogP contribution in [0.15, 0.2) is 40.9 Å². The molecule has 0 spiro atoms. The highest BCUT2D eigenvalue weighted by Crippen LogP contribution is 2.24. The molecule has 1 aliphatic rings. The Morgan fingerprint density at radius 2 is 2.08 bits per heavy atom. The number of piperidine rings is 1. The molecule has 1 aromatic carbocycles. The van der Waals surface area contributed by atoms with Crippen molar-refractivity contribution in [2.45, 2.75) is 45.7 Å². The number of amides is 1. The van der Waals surface area contributed by atoms with Crippen LogP contribution in [0, 0.1) is 5.92 Å². The molecule has 0 aliphatic carbocycles. The van der Waals surface area contributed by atoms with Gasteiger partial charge in [0.1, 0.15) is 5.76 Å². The second-order valence-electron chi connectivity index (χ2n) is 7.74. The lowest BCUT2D eigenvalue weighted by atomic mass is 9.92. The lowest BCUT2D eigenvalue weighted by Crippen LogP contribution is -2.50. The zero-order valence-electron chi connectivity index (χ0n) is 16.2. The minimum atomic E-state index is -0.0472. The Morgan fingerprint density at radius 1 is 1.35 bits per heavy atom. The number of carbonyl (C=O) groups excluding carboxylic acids is 1. The molecule has 0 bridgehead atoms. The largest absolute Gasteiger partial charge is 0.360 e. The molecule has 26 heavy (non-hydrogen) atoms. The molecule has 0 N–H and O–H groups in total. The molecule has 5 nitrogen and oxygen atoms in total.